The molecule has 1 unspecified atom stereocenters. The summed E-state index contributed by atoms with van der Waals surface area (Å²) in [7, 11) is 1.83. The first kappa shape index (κ1) is 12.4. The van der Waals surface area contributed by atoms with Crippen LogP contribution in [0.2, 0.25) is 0 Å². The highest BCUT2D eigenvalue weighted by Crippen LogP contribution is 2.33. The molecule has 96 valence electrons. The van der Waals surface area contributed by atoms with Crippen molar-refractivity contribution in [2.24, 2.45) is 5.41 Å². The molecule has 17 heavy (non-hydrogen) atoms. The van der Waals surface area contributed by atoms with Gasteiger partial charge in [-0.1, -0.05) is 0 Å². The average Bonchev–Trinajstić information content (AvgIpc) is 2.61. The summed E-state index contributed by atoms with van der Waals surface area (Å²) in [6, 6.07) is -0.0154. The molecule has 5 heteroatoms. The van der Waals surface area contributed by atoms with Gasteiger partial charge in [-0.05, 0) is 26.2 Å². The van der Waals surface area contributed by atoms with Crippen LogP contribution >= 0.6 is 0 Å². The number of likely N-dealkylation sites (N-methyl/N-ethyl adjacent to an activating group) is 1. The highest BCUT2D eigenvalue weighted by atomic mass is 16.4. The number of piperidine rings is 1. The molecule has 0 bridgehead atoms. The van der Waals surface area contributed by atoms with Crippen molar-refractivity contribution >= 4 is 11.9 Å². The molecule has 0 aromatic carbocycles. The van der Waals surface area contributed by atoms with Crippen molar-refractivity contribution in [2.75, 3.05) is 26.7 Å². The van der Waals surface area contributed by atoms with Crippen molar-refractivity contribution in [3.05, 3.63) is 0 Å². The van der Waals surface area contributed by atoms with Crippen molar-refractivity contribution in [2.45, 2.75) is 32.2 Å². The molecule has 0 aliphatic carbocycles. The Labute approximate surface area is 101 Å². The lowest BCUT2D eigenvalue weighted by molar-refractivity contribution is -0.151. The molecule has 1 atom stereocenters. The topological polar surface area (TPSA) is 60.9 Å². The number of aliphatic carboxylic acids is 1. The van der Waals surface area contributed by atoms with Gasteiger partial charge in [0.2, 0.25) is 5.91 Å². The van der Waals surface area contributed by atoms with E-state index in [0.29, 0.717) is 25.9 Å². The maximum atomic E-state index is 11.9. The molecule has 2 heterocycles. The highest BCUT2D eigenvalue weighted by Gasteiger charge is 2.41. The number of amides is 1. The summed E-state index contributed by atoms with van der Waals surface area (Å²) < 4.78 is 0. The molecule has 0 saturated carbocycles. The van der Waals surface area contributed by atoms with E-state index in [1.807, 2.05) is 7.05 Å². The van der Waals surface area contributed by atoms with E-state index >= 15 is 0 Å². The Morgan fingerprint density at radius 2 is 1.94 bits per heavy atom. The fraction of sp³-hybridized carbons (Fsp3) is 0.833. The van der Waals surface area contributed by atoms with Gasteiger partial charge in [-0.3, -0.25) is 14.5 Å². The summed E-state index contributed by atoms with van der Waals surface area (Å²) >= 11 is 0. The SMILES string of the molecule is CN1CCC(N2CCC(C)(C(=O)O)CC2)C1=O. The first-order chi connectivity index (χ1) is 7.94. The zero-order valence-electron chi connectivity index (χ0n) is 10.5. The molecule has 0 aromatic heterocycles. The summed E-state index contributed by atoms with van der Waals surface area (Å²) in [4.78, 5) is 26.9. The average molecular weight is 240 g/mol. The smallest absolute Gasteiger partial charge is 0.309 e. The Balaban J connectivity index is 1.96. The van der Waals surface area contributed by atoms with Gasteiger partial charge in [0.15, 0.2) is 0 Å². The molecule has 1 N–H and O–H groups in total. The maximum Gasteiger partial charge on any atom is 0.309 e. The van der Waals surface area contributed by atoms with Gasteiger partial charge in [0, 0.05) is 26.7 Å². The number of nitrogens with zero attached hydrogens (tertiary/aromatic N) is 2. The Bertz CT molecular complexity index is 335. The molecule has 1 amide bonds. The van der Waals surface area contributed by atoms with E-state index in [2.05, 4.69) is 4.90 Å². The number of carbonyl (C=O) groups is 2. The van der Waals surface area contributed by atoms with Gasteiger partial charge >= 0.3 is 5.97 Å². The van der Waals surface area contributed by atoms with Crippen molar-refractivity contribution < 1.29 is 14.7 Å². The second-order valence-corrected chi connectivity index (χ2v) is 5.47. The monoisotopic (exact) mass is 240 g/mol. The molecule has 2 rings (SSSR count). The normalized spacial score (nSPS) is 29.6. The Morgan fingerprint density at radius 1 is 1.35 bits per heavy atom. The number of carboxylic acids is 1. The van der Waals surface area contributed by atoms with Crippen LogP contribution in [0.4, 0.5) is 0 Å². The number of likely N-dealkylation sites (tertiary alicyclic amines) is 2. The summed E-state index contributed by atoms with van der Waals surface area (Å²) in [6.07, 6.45) is 2.14. The van der Waals surface area contributed by atoms with Crippen LogP contribution in [0.3, 0.4) is 0 Å². The Kier molecular flexibility index (Phi) is 3.12. The van der Waals surface area contributed by atoms with Gasteiger partial charge in [-0.2, -0.15) is 0 Å². The van der Waals surface area contributed by atoms with Crippen LogP contribution in [0, 0.1) is 5.41 Å². The fourth-order valence-corrected chi connectivity index (χ4v) is 2.69. The Hall–Kier alpha value is -1.10. The van der Waals surface area contributed by atoms with Crippen LogP contribution in [0.1, 0.15) is 26.2 Å². The van der Waals surface area contributed by atoms with Crippen molar-refractivity contribution in [3.8, 4) is 0 Å². The predicted molar refractivity (Wildman–Crippen MR) is 62.6 cm³/mol. The molecule has 0 aromatic rings. The molecule has 2 aliphatic rings. The number of hydrogen-bond acceptors (Lipinski definition) is 3. The third kappa shape index (κ3) is 2.16. The molecule has 2 aliphatic heterocycles. The lowest BCUT2D eigenvalue weighted by Gasteiger charge is -2.38. The largest absolute Gasteiger partial charge is 0.481 e. The molecule has 0 spiro atoms. The van der Waals surface area contributed by atoms with Crippen molar-refractivity contribution in [1.82, 2.24) is 9.80 Å². The summed E-state index contributed by atoms with van der Waals surface area (Å²) in [5, 5.41) is 9.15. The van der Waals surface area contributed by atoms with Gasteiger partial charge < -0.3 is 10.0 Å². The lowest BCUT2D eigenvalue weighted by atomic mass is 9.80. The molecule has 2 saturated heterocycles. The molecule has 2 fully saturated rings. The van der Waals surface area contributed by atoms with E-state index in [1.165, 1.54) is 0 Å². The van der Waals surface area contributed by atoms with E-state index < -0.39 is 11.4 Å². The number of hydrogen-bond donors (Lipinski definition) is 1. The van der Waals surface area contributed by atoms with Gasteiger partial charge in [-0.25, -0.2) is 0 Å². The van der Waals surface area contributed by atoms with Gasteiger partial charge in [0.05, 0.1) is 11.5 Å². The van der Waals surface area contributed by atoms with Crippen LogP contribution < -0.4 is 0 Å². The minimum absolute atomic E-state index is 0.0154. The first-order valence-corrected chi connectivity index (χ1v) is 6.16. The second-order valence-electron chi connectivity index (χ2n) is 5.47. The van der Waals surface area contributed by atoms with E-state index in [9.17, 15) is 9.59 Å². The van der Waals surface area contributed by atoms with Crippen LogP contribution in [0.15, 0.2) is 0 Å². The molecular weight excluding hydrogens is 220 g/mol. The quantitative estimate of drug-likeness (QED) is 0.759. The lowest BCUT2D eigenvalue weighted by Crippen LogP contribution is -2.49. The fourth-order valence-electron chi connectivity index (χ4n) is 2.69. The van der Waals surface area contributed by atoms with Crippen molar-refractivity contribution in [3.63, 3.8) is 0 Å². The van der Waals surface area contributed by atoms with Crippen LogP contribution in [-0.2, 0) is 9.59 Å². The maximum absolute atomic E-state index is 11.9. The van der Waals surface area contributed by atoms with E-state index in [1.54, 1.807) is 11.8 Å². The Morgan fingerprint density at radius 3 is 2.35 bits per heavy atom. The van der Waals surface area contributed by atoms with Gasteiger partial charge in [0.1, 0.15) is 0 Å². The zero-order chi connectivity index (χ0) is 12.6. The number of rotatable bonds is 2. The summed E-state index contributed by atoms with van der Waals surface area (Å²) in [6.45, 7) is 4.05. The summed E-state index contributed by atoms with van der Waals surface area (Å²) in [5.74, 6) is -0.532. The minimum Gasteiger partial charge on any atom is -0.481 e. The van der Waals surface area contributed by atoms with Gasteiger partial charge in [-0.15, -0.1) is 0 Å². The van der Waals surface area contributed by atoms with Gasteiger partial charge in [0.25, 0.3) is 0 Å². The van der Waals surface area contributed by atoms with E-state index in [-0.39, 0.29) is 11.9 Å². The standard InChI is InChI=1S/C12H20N2O3/c1-12(11(16)17)4-7-14(8-5-12)9-3-6-13(2)10(9)15/h9H,3-8H2,1-2H3,(H,16,17). The van der Waals surface area contributed by atoms with Crippen LogP contribution in [0.5, 0.6) is 0 Å². The summed E-state index contributed by atoms with van der Waals surface area (Å²) in [5.41, 5.74) is -0.607. The third-order valence-electron chi connectivity index (χ3n) is 4.26. The number of carboxylic acid groups (broad SMARTS) is 1. The third-order valence-corrected chi connectivity index (χ3v) is 4.26. The first-order valence-electron chi connectivity index (χ1n) is 6.16. The van der Waals surface area contributed by atoms with E-state index in [0.717, 1.165) is 13.0 Å². The minimum atomic E-state index is -0.716. The van der Waals surface area contributed by atoms with Crippen LogP contribution in [0.25, 0.3) is 0 Å². The van der Waals surface area contributed by atoms with E-state index in [4.69, 9.17) is 5.11 Å². The molecule has 5 nitrogen and oxygen atoms in total. The molecule has 0 radical (unpaired) electrons. The predicted octanol–water partition coefficient (Wildman–Crippen LogP) is 0.404. The number of carbonyl (C=O) groups excluding carboxylic acids is 1. The second kappa shape index (κ2) is 4.29. The van der Waals surface area contributed by atoms with Crippen LogP contribution in [-0.4, -0.2) is 59.5 Å². The molecular formula is C12H20N2O3. The zero-order valence-corrected chi connectivity index (χ0v) is 10.5. The van der Waals surface area contributed by atoms with Crippen molar-refractivity contribution in [1.29, 1.82) is 0 Å². The highest BCUT2D eigenvalue weighted by molar-refractivity contribution is 5.83.